The van der Waals surface area contributed by atoms with E-state index in [4.69, 9.17) is 17.3 Å². The number of rotatable bonds is 3. The van der Waals surface area contributed by atoms with Crippen molar-refractivity contribution in [3.63, 3.8) is 0 Å². The third-order valence-corrected chi connectivity index (χ3v) is 3.22. The first-order valence-electron chi connectivity index (χ1n) is 5.95. The number of methoxy groups -OCH3 is 1. The van der Waals surface area contributed by atoms with E-state index in [0.717, 1.165) is 13.2 Å². The van der Waals surface area contributed by atoms with Gasteiger partial charge >= 0.3 is 5.97 Å². The van der Waals surface area contributed by atoms with Gasteiger partial charge in [0.1, 0.15) is 10.8 Å². The maximum atomic E-state index is 14.0. The van der Waals surface area contributed by atoms with E-state index in [1.165, 1.54) is 0 Å². The Morgan fingerprint density at radius 1 is 1.26 bits per heavy atom. The third kappa shape index (κ3) is 3.04. The van der Waals surface area contributed by atoms with E-state index in [2.05, 4.69) is 14.7 Å². The van der Waals surface area contributed by atoms with Crippen LogP contribution in [0.2, 0.25) is 5.02 Å². The van der Waals surface area contributed by atoms with E-state index < -0.39 is 46.7 Å². The lowest BCUT2D eigenvalue weighted by Crippen LogP contribution is -2.10. The summed E-state index contributed by atoms with van der Waals surface area (Å²) in [6.07, 6.45) is -3.19. The highest BCUT2D eigenvalue weighted by Gasteiger charge is 2.24. The lowest BCUT2D eigenvalue weighted by molar-refractivity contribution is 0.0594. The maximum absolute atomic E-state index is 14.0. The van der Waals surface area contributed by atoms with E-state index in [9.17, 15) is 22.4 Å². The van der Waals surface area contributed by atoms with E-state index in [-0.39, 0.29) is 10.8 Å². The number of carbonyl (C=O) groups is 1. The van der Waals surface area contributed by atoms with Crippen LogP contribution in [0.5, 0.6) is 0 Å². The molecule has 0 spiro atoms. The molecule has 1 aromatic heterocycles. The molecule has 0 fully saturated rings. The fourth-order valence-electron chi connectivity index (χ4n) is 1.72. The average Bonchev–Trinajstić information content (AvgIpc) is 2.51. The van der Waals surface area contributed by atoms with Crippen LogP contribution in [0.4, 0.5) is 23.4 Å². The lowest BCUT2D eigenvalue weighted by Gasteiger charge is -2.10. The smallest absolute Gasteiger partial charge is 0.358 e. The number of carbonyl (C=O) groups excluding carboxylic acids is 1. The van der Waals surface area contributed by atoms with Crippen LogP contribution in [-0.4, -0.2) is 23.0 Å². The molecule has 0 amide bonds. The Morgan fingerprint density at radius 3 is 2.48 bits per heavy atom. The highest BCUT2D eigenvalue weighted by atomic mass is 35.5. The van der Waals surface area contributed by atoms with Crippen molar-refractivity contribution in [2.24, 2.45) is 0 Å². The number of nitrogens with zero attached hydrogens (tertiary/aromatic N) is 2. The molecule has 122 valence electrons. The predicted molar refractivity (Wildman–Crippen MR) is 73.1 cm³/mol. The Hall–Kier alpha value is -2.42. The van der Waals surface area contributed by atoms with Gasteiger partial charge in [-0.05, 0) is 12.1 Å². The summed E-state index contributed by atoms with van der Waals surface area (Å²) in [5.74, 6) is -5.19. The number of halogens is 5. The van der Waals surface area contributed by atoms with Gasteiger partial charge in [-0.1, -0.05) is 11.6 Å². The number of nitrogens with two attached hydrogens (primary N) is 1. The van der Waals surface area contributed by atoms with Crippen molar-refractivity contribution >= 4 is 23.4 Å². The molecule has 10 heteroatoms. The Balaban J connectivity index is 2.66. The van der Waals surface area contributed by atoms with Crippen LogP contribution < -0.4 is 5.73 Å². The first kappa shape index (κ1) is 16.9. The normalized spacial score (nSPS) is 10.9. The molecule has 0 saturated heterocycles. The fourth-order valence-corrected chi connectivity index (χ4v) is 1.88. The quantitative estimate of drug-likeness (QED) is 0.679. The number of hydrogen-bond donors (Lipinski definition) is 1. The number of aromatic nitrogens is 2. The summed E-state index contributed by atoms with van der Waals surface area (Å²) < 4.78 is 57.1. The molecular weight excluding hydrogens is 342 g/mol. The molecule has 0 atom stereocenters. The fraction of sp³-hybridized carbons (Fsp3) is 0.154. The zero-order valence-corrected chi connectivity index (χ0v) is 12.2. The molecule has 23 heavy (non-hydrogen) atoms. The van der Waals surface area contributed by atoms with Crippen LogP contribution in [0.3, 0.4) is 0 Å². The van der Waals surface area contributed by atoms with Crippen molar-refractivity contribution in [2.75, 3.05) is 12.8 Å². The summed E-state index contributed by atoms with van der Waals surface area (Å²) in [5.41, 5.74) is 3.36. The van der Waals surface area contributed by atoms with Gasteiger partial charge < -0.3 is 10.5 Å². The summed E-state index contributed by atoms with van der Waals surface area (Å²) in [5, 5.41) is -0.328. The van der Waals surface area contributed by atoms with Gasteiger partial charge in [-0.15, -0.1) is 0 Å². The van der Waals surface area contributed by atoms with Gasteiger partial charge in [0.25, 0.3) is 6.43 Å². The van der Waals surface area contributed by atoms with Gasteiger partial charge in [0.15, 0.2) is 23.2 Å². The average molecular weight is 350 g/mol. The van der Waals surface area contributed by atoms with Crippen LogP contribution >= 0.6 is 11.6 Å². The largest absolute Gasteiger partial charge is 0.464 e. The molecule has 0 aliphatic carbocycles. The van der Waals surface area contributed by atoms with Crippen LogP contribution in [0, 0.1) is 11.6 Å². The summed E-state index contributed by atoms with van der Waals surface area (Å²) in [4.78, 5) is 18.8. The molecule has 0 unspecified atom stereocenters. The Kier molecular flexibility index (Phi) is 4.69. The maximum Gasteiger partial charge on any atom is 0.358 e. The molecule has 0 aliphatic heterocycles. The molecule has 0 saturated carbocycles. The molecule has 5 nitrogen and oxygen atoms in total. The highest BCUT2D eigenvalue weighted by molar-refractivity contribution is 6.35. The number of alkyl halides is 2. The van der Waals surface area contributed by atoms with Gasteiger partial charge in [-0.25, -0.2) is 32.3 Å². The number of nitrogen functional groups attached to an aromatic ring is 1. The van der Waals surface area contributed by atoms with Gasteiger partial charge in [0.05, 0.1) is 18.2 Å². The predicted octanol–water partition coefficient (Wildman–Crippen LogP) is 3.38. The number of ether oxygens (including phenoxy) is 1. The molecule has 0 radical (unpaired) electrons. The topological polar surface area (TPSA) is 78.1 Å². The minimum atomic E-state index is -3.19. The third-order valence-electron chi connectivity index (χ3n) is 2.84. The molecule has 0 aliphatic rings. The van der Waals surface area contributed by atoms with Gasteiger partial charge in [-0.3, -0.25) is 0 Å². The Labute approximate surface area is 132 Å². The van der Waals surface area contributed by atoms with E-state index in [1.807, 2.05) is 0 Å². The summed E-state index contributed by atoms with van der Waals surface area (Å²) in [6, 6.07) is 1.54. The van der Waals surface area contributed by atoms with E-state index >= 15 is 0 Å². The van der Waals surface area contributed by atoms with Crippen molar-refractivity contribution in [3.05, 3.63) is 40.0 Å². The van der Waals surface area contributed by atoms with E-state index in [1.54, 1.807) is 0 Å². The second-order valence-corrected chi connectivity index (χ2v) is 4.60. The molecule has 0 bridgehead atoms. The Morgan fingerprint density at radius 2 is 1.91 bits per heavy atom. The van der Waals surface area contributed by atoms with Crippen LogP contribution in [0.15, 0.2) is 12.1 Å². The molecular formula is C13H8ClF4N3O2. The molecule has 1 aromatic carbocycles. The first-order chi connectivity index (χ1) is 10.8. The van der Waals surface area contributed by atoms with Crippen molar-refractivity contribution in [1.82, 2.24) is 9.97 Å². The molecule has 2 aromatic rings. The summed E-state index contributed by atoms with van der Waals surface area (Å²) >= 11 is 5.75. The molecule has 1 heterocycles. The SMILES string of the molecule is COC(=O)c1nc(-c2ccc(C(F)F)c(F)c2F)nc(N)c1Cl. The van der Waals surface area contributed by atoms with Crippen molar-refractivity contribution in [1.29, 1.82) is 0 Å². The van der Waals surface area contributed by atoms with Crippen LogP contribution in [-0.2, 0) is 4.74 Å². The minimum Gasteiger partial charge on any atom is -0.464 e. The second kappa shape index (κ2) is 6.37. The number of hydrogen-bond acceptors (Lipinski definition) is 5. The number of esters is 1. The van der Waals surface area contributed by atoms with Gasteiger partial charge in [0.2, 0.25) is 0 Å². The minimum absolute atomic E-state index is 0.328. The zero-order chi connectivity index (χ0) is 17.3. The summed E-state index contributed by atoms with van der Waals surface area (Å²) in [7, 11) is 1.05. The highest BCUT2D eigenvalue weighted by Crippen LogP contribution is 2.31. The standard InChI is InChI=1S/C13H8ClF4N3O2/c1-23-13(22)9-6(14)11(19)21-12(20-9)5-3-2-4(10(17)18)7(15)8(5)16/h2-3,10H,1H3,(H2,19,20,21). The lowest BCUT2D eigenvalue weighted by atomic mass is 10.1. The second-order valence-electron chi connectivity index (χ2n) is 4.22. The number of benzene rings is 1. The van der Waals surface area contributed by atoms with Crippen LogP contribution in [0.25, 0.3) is 11.4 Å². The molecule has 2 N–H and O–H groups in total. The van der Waals surface area contributed by atoms with Crippen molar-refractivity contribution in [3.8, 4) is 11.4 Å². The monoisotopic (exact) mass is 349 g/mol. The van der Waals surface area contributed by atoms with Gasteiger partial charge in [-0.2, -0.15) is 0 Å². The van der Waals surface area contributed by atoms with Crippen LogP contribution in [0.1, 0.15) is 22.5 Å². The van der Waals surface area contributed by atoms with Crippen molar-refractivity contribution in [2.45, 2.75) is 6.43 Å². The Bertz CT molecular complexity index is 786. The number of anilines is 1. The molecule has 2 rings (SSSR count). The van der Waals surface area contributed by atoms with E-state index in [0.29, 0.717) is 6.07 Å². The summed E-state index contributed by atoms with van der Waals surface area (Å²) in [6.45, 7) is 0. The van der Waals surface area contributed by atoms with Crippen molar-refractivity contribution < 1.29 is 27.1 Å². The van der Waals surface area contributed by atoms with Gasteiger partial charge in [0, 0.05) is 0 Å². The first-order valence-corrected chi connectivity index (χ1v) is 6.33. The zero-order valence-electron chi connectivity index (χ0n) is 11.4.